The van der Waals surface area contributed by atoms with Crippen molar-refractivity contribution in [2.24, 2.45) is 5.73 Å². The molecule has 0 aliphatic carbocycles. The van der Waals surface area contributed by atoms with Crippen molar-refractivity contribution >= 4 is 16.9 Å². The zero-order valence-corrected chi connectivity index (χ0v) is 9.69. The molecule has 0 aromatic carbocycles. The maximum Gasteiger partial charge on any atom is 0.250 e. The van der Waals surface area contributed by atoms with E-state index in [0.29, 0.717) is 11.1 Å². The van der Waals surface area contributed by atoms with Gasteiger partial charge in [0.15, 0.2) is 0 Å². The Kier molecular flexibility index (Phi) is 3.94. The molecule has 2 rings (SSSR count). The van der Waals surface area contributed by atoms with Crippen LogP contribution in [0.2, 0.25) is 0 Å². The number of hydrogen-bond donors (Lipinski definition) is 1. The molecule has 0 aliphatic rings. The van der Waals surface area contributed by atoms with E-state index < -0.39 is 5.91 Å². The summed E-state index contributed by atoms with van der Waals surface area (Å²) in [7, 11) is 0. The summed E-state index contributed by atoms with van der Waals surface area (Å²) < 4.78 is 0. The van der Waals surface area contributed by atoms with Gasteiger partial charge < -0.3 is 5.73 Å². The number of pyridine rings is 2. The second kappa shape index (κ2) is 5.21. The first-order valence-electron chi connectivity index (χ1n) is 5.20. The van der Waals surface area contributed by atoms with Crippen molar-refractivity contribution in [1.82, 2.24) is 9.97 Å². The van der Waals surface area contributed by atoms with Gasteiger partial charge in [0, 0.05) is 11.9 Å². The zero-order valence-electron chi connectivity index (χ0n) is 9.69. The first-order valence-corrected chi connectivity index (χ1v) is 5.20. The highest BCUT2D eigenvalue weighted by Crippen LogP contribution is 2.11. The lowest BCUT2D eigenvalue weighted by Gasteiger charge is -1.99. The minimum Gasteiger partial charge on any atom is -0.366 e. The molecule has 2 aromatic heterocycles. The Labute approximate surface area is 94.5 Å². The maximum atomic E-state index is 10.9. The number of aryl methyl sites for hydroxylation is 1. The number of hydrogen-bond acceptors (Lipinski definition) is 3. The van der Waals surface area contributed by atoms with Crippen LogP contribution in [-0.2, 0) is 0 Å². The Hall–Kier alpha value is -1.97. The largest absolute Gasteiger partial charge is 0.366 e. The van der Waals surface area contributed by atoms with Gasteiger partial charge in [0.05, 0.1) is 16.6 Å². The first kappa shape index (κ1) is 12.1. The van der Waals surface area contributed by atoms with Gasteiger partial charge in [-0.2, -0.15) is 0 Å². The predicted molar refractivity (Wildman–Crippen MR) is 64.1 cm³/mol. The molecule has 0 fully saturated rings. The molecule has 0 radical (unpaired) electrons. The minimum atomic E-state index is -0.484. The number of nitrogens with two attached hydrogens (primary N) is 1. The number of carbonyl (C=O) groups excluding carboxylic acids is 1. The summed E-state index contributed by atoms with van der Waals surface area (Å²) in [4.78, 5) is 19.2. The van der Waals surface area contributed by atoms with E-state index in [0.717, 1.165) is 11.2 Å². The highest BCUT2D eigenvalue weighted by Gasteiger charge is 2.03. The SMILES string of the molecule is CC.Cc1ccc2ncc(C(N)=O)cc2n1. The van der Waals surface area contributed by atoms with Crippen molar-refractivity contribution in [2.45, 2.75) is 20.8 Å². The Bertz CT molecular complexity index is 509. The third-order valence-corrected chi connectivity index (χ3v) is 1.96. The fraction of sp³-hybridized carbons (Fsp3) is 0.250. The molecular weight excluding hydrogens is 202 g/mol. The van der Waals surface area contributed by atoms with E-state index in [1.54, 1.807) is 6.07 Å². The van der Waals surface area contributed by atoms with E-state index in [2.05, 4.69) is 9.97 Å². The fourth-order valence-corrected chi connectivity index (χ4v) is 1.24. The molecule has 2 heterocycles. The van der Waals surface area contributed by atoms with E-state index in [-0.39, 0.29) is 0 Å². The highest BCUT2D eigenvalue weighted by atomic mass is 16.1. The molecule has 4 nitrogen and oxygen atoms in total. The summed E-state index contributed by atoms with van der Waals surface area (Å²) in [6.45, 7) is 5.89. The number of rotatable bonds is 1. The Morgan fingerprint density at radius 1 is 1.25 bits per heavy atom. The standard InChI is InChI=1S/C10H9N3O.C2H6/c1-6-2-3-8-9(13-6)4-7(5-12-8)10(11)14;1-2/h2-5H,1H3,(H2,11,14);1-2H3. The molecule has 0 bridgehead atoms. The van der Waals surface area contributed by atoms with Crippen LogP contribution in [0.4, 0.5) is 0 Å². The quantitative estimate of drug-likeness (QED) is 0.794. The average molecular weight is 217 g/mol. The molecule has 0 spiro atoms. The van der Waals surface area contributed by atoms with Crippen LogP contribution in [0.3, 0.4) is 0 Å². The van der Waals surface area contributed by atoms with E-state index in [1.807, 2.05) is 32.9 Å². The number of amides is 1. The summed E-state index contributed by atoms with van der Waals surface area (Å²) >= 11 is 0. The van der Waals surface area contributed by atoms with Gasteiger partial charge in [-0.3, -0.25) is 14.8 Å². The third kappa shape index (κ3) is 2.53. The van der Waals surface area contributed by atoms with Crippen LogP contribution < -0.4 is 5.73 Å². The van der Waals surface area contributed by atoms with Gasteiger partial charge in [0.1, 0.15) is 0 Å². The molecule has 0 atom stereocenters. The van der Waals surface area contributed by atoms with E-state index in [1.165, 1.54) is 6.20 Å². The lowest BCUT2D eigenvalue weighted by Crippen LogP contribution is -2.11. The number of carbonyl (C=O) groups is 1. The summed E-state index contributed by atoms with van der Waals surface area (Å²) in [6, 6.07) is 5.39. The molecule has 84 valence electrons. The lowest BCUT2D eigenvalue weighted by molar-refractivity contribution is 0.1000. The Balaban J connectivity index is 0.000000606. The van der Waals surface area contributed by atoms with Crippen molar-refractivity contribution in [2.75, 3.05) is 0 Å². The molecule has 0 saturated carbocycles. The van der Waals surface area contributed by atoms with Crippen LogP contribution in [0.5, 0.6) is 0 Å². The van der Waals surface area contributed by atoms with Gasteiger partial charge in [0.25, 0.3) is 0 Å². The van der Waals surface area contributed by atoms with Crippen LogP contribution in [0.15, 0.2) is 24.4 Å². The van der Waals surface area contributed by atoms with Crippen molar-refractivity contribution in [3.63, 3.8) is 0 Å². The number of primary amides is 1. The average Bonchev–Trinajstić information content (AvgIpc) is 2.30. The molecule has 16 heavy (non-hydrogen) atoms. The van der Waals surface area contributed by atoms with Gasteiger partial charge in [-0.25, -0.2) is 0 Å². The minimum absolute atomic E-state index is 0.385. The molecular formula is C12H15N3O. The molecule has 2 aromatic rings. The predicted octanol–water partition coefficient (Wildman–Crippen LogP) is 2.06. The van der Waals surface area contributed by atoms with Gasteiger partial charge in [0.2, 0.25) is 5.91 Å². The van der Waals surface area contributed by atoms with Crippen LogP contribution >= 0.6 is 0 Å². The van der Waals surface area contributed by atoms with Crippen molar-refractivity contribution in [1.29, 1.82) is 0 Å². The highest BCUT2D eigenvalue weighted by molar-refractivity contribution is 5.95. The summed E-state index contributed by atoms with van der Waals surface area (Å²) in [6.07, 6.45) is 1.46. The number of nitrogens with zero attached hydrogens (tertiary/aromatic N) is 2. The Morgan fingerprint density at radius 2 is 1.94 bits per heavy atom. The summed E-state index contributed by atoms with van der Waals surface area (Å²) in [5.41, 5.74) is 7.87. The van der Waals surface area contributed by atoms with E-state index in [9.17, 15) is 4.79 Å². The molecule has 0 saturated heterocycles. The van der Waals surface area contributed by atoms with Crippen molar-refractivity contribution < 1.29 is 4.79 Å². The van der Waals surface area contributed by atoms with Crippen LogP contribution in [0, 0.1) is 6.92 Å². The van der Waals surface area contributed by atoms with Crippen molar-refractivity contribution in [3.8, 4) is 0 Å². The van der Waals surface area contributed by atoms with Gasteiger partial charge in [-0.05, 0) is 25.1 Å². The summed E-state index contributed by atoms with van der Waals surface area (Å²) in [5.74, 6) is -0.484. The van der Waals surface area contributed by atoms with E-state index in [4.69, 9.17) is 5.73 Å². The monoisotopic (exact) mass is 217 g/mol. The van der Waals surface area contributed by atoms with Gasteiger partial charge in [-0.15, -0.1) is 0 Å². The molecule has 4 heteroatoms. The zero-order chi connectivity index (χ0) is 12.1. The normalized spacial score (nSPS) is 9.44. The third-order valence-electron chi connectivity index (χ3n) is 1.96. The van der Waals surface area contributed by atoms with Crippen LogP contribution in [-0.4, -0.2) is 15.9 Å². The summed E-state index contributed by atoms with van der Waals surface area (Å²) in [5, 5.41) is 0. The van der Waals surface area contributed by atoms with Crippen LogP contribution in [0.25, 0.3) is 11.0 Å². The molecule has 0 aliphatic heterocycles. The van der Waals surface area contributed by atoms with Crippen LogP contribution in [0.1, 0.15) is 29.9 Å². The number of aromatic nitrogens is 2. The lowest BCUT2D eigenvalue weighted by atomic mass is 10.2. The second-order valence-corrected chi connectivity index (χ2v) is 3.08. The smallest absolute Gasteiger partial charge is 0.250 e. The topological polar surface area (TPSA) is 68.9 Å². The van der Waals surface area contributed by atoms with Crippen molar-refractivity contribution in [3.05, 3.63) is 35.7 Å². The van der Waals surface area contributed by atoms with Gasteiger partial charge >= 0.3 is 0 Å². The van der Waals surface area contributed by atoms with Gasteiger partial charge in [-0.1, -0.05) is 13.8 Å². The molecule has 2 N–H and O–H groups in total. The van der Waals surface area contributed by atoms with E-state index >= 15 is 0 Å². The fourth-order valence-electron chi connectivity index (χ4n) is 1.24. The maximum absolute atomic E-state index is 10.9. The second-order valence-electron chi connectivity index (χ2n) is 3.08. The number of fused-ring (bicyclic) bond motifs is 1. The molecule has 1 amide bonds. The Morgan fingerprint density at radius 3 is 2.56 bits per heavy atom. The molecule has 0 unspecified atom stereocenters. The first-order chi connectivity index (χ1) is 7.66.